The topological polar surface area (TPSA) is 135 Å². The zero-order chi connectivity index (χ0) is 32.4. The van der Waals surface area contributed by atoms with Crippen molar-refractivity contribution >= 4 is 29.4 Å². The smallest absolute Gasteiger partial charge is 0.313 e. The number of esters is 1. The van der Waals surface area contributed by atoms with E-state index in [0.29, 0.717) is 29.8 Å². The monoisotopic (exact) mass is 629 g/mol. The van der Waals surface area contributed by atoms with Gasteiger partial charge in [-0.3, -0.25) is 19.2 Å². The molecule has 11 nitrogen and oxygen atoms in total. The van der Waals surface area contributed by atoms with Crippen molar-refractivity contribution in [3.05, 3.63) is 84.5 Å². The predicted molar refractivity (Wildman–Crippen MR) is 168 cm³/mol. The van der Waals surface area contributed by atoms with Crippen molar-refractivity contribution in [2.75, 3.05) is 31.7 Å². The first-order valence-electron chi connectivity index (χ1n) is 15.8. The molecule has 2 aromatic rings. The number of aliphatic hydroxyl groups is 1. The molecule has 0 aliphatic carbocycles. The molecule has 2 N–H and O–H groups in total. The van der Waals surface area contributed by atoms with E-state index < -0.39 is 59.5 Å². The summed E-state index contributed by atoms with van der Waals surface area (Å²) in [4.78, 5) is 59.1. The third-order valence-corrected chi connectivity index (χ3v) is 9.45. The molecule has 2 aromatic carbocycles. The number of anilines is 1. The number of ether oxygens (including phenoxy) is 3. The van der Waals surface area contributed by atoms with Gasteiger partial charge in [0, 0.05) is 18.7 Å². The number of aliphatic hydroxyl groups excluding tert-OH is 1. The first kappa shape index (κ1) is 31.5. The van der Waals surface area contributed by atoms with Crippen LogP contribution in [0.2, 0.25) is 0 Å². The Morgan fingerprint density at radius 1 is 1.04 bits per heavy atom. The number of carbonyl (C=O) groups is 4. The minimum Gasteiger partial charge on any atom is -0.497 e. The van der Waals surface area contributed by atoms with Crippen molar-refractivity contribution < 1.29 is 38.5 Å². The molecule has 0 aromatic heterocycles. The number of rotatable bonds is 6. The van der Waals surface area contributed by atoms with Crippen LogP contribution in [0.5, 0.6) is 5.75 Å². The maximum atomic E-state index is 14.8. The standard InChI is InChI=1S/C35H39N3O8/c1-3-23(21-39)38-31-33(42)37(24-13-15-25(44-2)16-14-24)19-9-5-8-12-28(40)36-20-27(22-10-6-4-7-11-22)45-34(43)29-26-17-18-35(31,46-26)30(29)32(38)41/h4-7,9-11,13-18,23,26-27,29-31,39H,3,8,12,19-21H2,1-2H3,(H,36,40)/b9-5-/t23-,26+,27+,29-,30-,31+,35-/m0/s1. The predicted octanol–water partition coefficient (Wildman–Crippen LogP) is 2.70. The Kier molecular flexibility index (Phi) is 8.97. The Balaban J connectivity index is 1.44. The van der Waals surface area contributed by atoms with Crippen LogP contribution in [0, 0.1) is 11.8 Å². The molecule has 1 spiro atoms. The Morgan fingerprint density at radius 2 is 1.80 bits per heavy atom. The van der Waals surface area contributed by atoms with Gasteiger partial charge in [-0.05, 0) is 42.7 Å². The number of allylic oxidation sites excluding steroid dienone is 1. The lowest BCUT2D eigenvalue weighted by molar-refractivity contribution is -0.160. The highest BCUT2D eigenvalue weighted by Crippen LogP contribution is 2.56. The van der Waals surface area contributed by atoms with Crippen molar-refractivity contribution in [1.29, 1.82) is 0 Å². The number of carbonyl (C=O) groups excluding carboxylic acids is 4. The lowest BCUT2D eigenvalue weighted by Gasteiger charge is -2.38. The van der Waals surface area contributed by atoms with Crippen LogP contribution < -0.4 is 15.0 Å². The molecule has 3 amide bonds. The van der Waals surface area contributed by atoms with E-state index in [2.05, 4.69) is 5.32 Å². The number of hydrogen-bond acceptors (Lipinski definition) is 8. The van der Waals surface area contributed by atoms with Crippen LogP contribution in [0.1, 0.15) is 37.9 Å². The second-order valence-corrected chi connectivity index (χ2v) is 12.0. The van der Waals surface area contributed by atoms with Crippen LogP contribution in [0.25, 0.3) is 0 Å². The van der Waals surface area contributed by atoms with E-state index in [1.165, 1.54) is 4.90 Å². The number of nitrogens with zero attached hydrogens (tertiary/aromatic N) is 2. The summed E-state index contributed by atoms with van der Waals surface area (Å²) in [5, 5.41) is 13.3. The molecule has 5 bridgehead atoms. The van der Waals surface area contributed by atoms with Gasteiger partial charge in [0.15, 0.2) is 0 Å². The normalized spacial score (nSPS) is 31.0. The molecular weight excluding hydrogens is 590 g/mol. The van der Waals surface area contributed by atoms with Gasteiger partial charge in [-0.15, -0.1) is 0 Å². The van der Waals surface area contributed by atoms with Gasteiger partial charge in [-0.1, -0.05) is 61.6 Å². The van der Waals surface area contributed by atoms with Gasteiger partial charge >= 0.3 is 5.97 Å². The zero-order valence-corrected chi connectivity index (χ0v) is 25.9. The second kappa shape index (κ2) is 13.1. The summed E-state index contributed by atoms with van der Waals surface area (Å²) in [6.07, 6.45) is 6.54. The zero-order valence-electron chi connectivity index (χ0n) is 25.9. The summed E-state index contributed by atoms with van der Waals surface area (Å²) in [6, 6.07) is 14.3. The first-order chi connectivity index (χ1) is 22.3. The average Bonchev–Trinajstić information content (AvgIpc) is 3.72. The van der Waals surface area contributed by atoms with Gasteiger partial charge in [0.05, 0.1) is 38.3 Å². The molecule has 242 valence electrons. The average molecular weight is 630 g/mol. The van der Waals surface area contributed by atoms with E-state index >= 15 is 0 Å². The Hall–Kier alpha value is -4.48. The minimum absolute atomic E-state index is 0.0526. The van der Waals surface area contributed by atoms with Crippen molar-refractivity contribution in [2.45, 2.75) is 56.1 Å². The molecule has 4 aliphatic heterocycles. The highest BCUT2D eigenvalue weighted by Gasteiger charge is 2.74. The molecule has 0 radical (unpaired) electrons. The second-order valence-electron chi connectivity index (χ2n) is 12.0. The molecule has 0 unspecified atom stereocenters. The lowest BCUT2D eigenvalue weighted by Crippen LogP contribution is -2.58. The summed E-state index contributed by atoms with van der Waals surface area (Å²) >= 11 is 0. The highest BCUT2D eigenvalue weighted by atomic mass is 16.6. The summed E-state index contributed by atoms with van der Waals surface area (Å²) < 4.78 is 17.9. The van der Waals surface area contributed by atoms with Crippen molar-refractivity contribution in [1.82, 2.24) is 10.2 Å². The fourth-order valence-electron chi connectivity index (χ4n) is 7.12. The Labute approximate surface area is 267 Å². The van der Waals surface area contributed by atoms with Crippen molar-refractivity contribution in [3.63, 3.8) is 0 Å². The number of hydrogen-bond donors (Lipinski definition) is 2. The summed E-state index contributed by atoms with van der Waals surface area (Å²) in [7, 11) is 1.55. The van der Waals surface area contributed by atoms with Crippen LogP contribution in [-0.2, 0) is 28.7 Å². The van der Waals surface area contributed by atoms with E-state index in [9.17, 15) is 24.3 Å². The van der Waals surface area contributed by atoms with Crippen LogP contribution in [0.4, 0.5) is 5.69 Å². The number of nitrogens with one attached hydrogen (secondary N) is 1. The molecule has 0 saturated carbocycles. The summed E-state index contributed by atoms with van der Waals surface area (Å²) in [6.45, 7) is 1.67. The van der Waals surface area contributed by atoms with Gasteiger partial charge in [0.2, 0.25) is 11.8 Å². The fraction of sp³-hybridized carbons (Fsp3) is 0.429. The molecule has 4 heterocycles. The molecule has 4 aliphatic rings. The van der Waals surface area contributed by atoms with E-state index in [1.807, 2.05) is 49.4 Å². The van der Waals surface area contributed by atoms with Crippen molar-refractivity contribution in [2.24, 2.45) is 11.8 Å². The van der Waals surface area contributed by atoms with Crippen LogP contribution in [0.15, 0.2) is 78.9 Å². The molecule has 2 fully saturated rings. The molecule has 6 rings (SSSR count). The van der Waals surface area contributed by atoms with E-state index in [4.69, 9.17) is 14.2 Å². The van der Waals surface area contributed by atoms with Crippen LogP contribution in [-0.4, -0.2) is 84.3 Å². The number of amides is 3. The minimum atomic E-state index is -1.44. The van der Waals surface area contributed by atoms with Gasteiger partial charge in [-0.25, -0.2) is 0 Å². The number of fused-ring (bicyclic) bond motifs is 2. The van der Waals surface area contributed by atoms with Gasteiger partial charge in [0.1, 0.15) is 29.4 Å². The lowest BCUT2D eigenvalue weighted by atomic mass is 9.74. The molecule has 2 saturated heterocycles. The number of methoxy groups -OCH3 is 1. The Bertz CT molecular complexity index is 1520. The summed E-state index contributed by atoms with van der Waals surface area (Å²) in [5.74, 6) is -3.17. The van der Waals surface area contributed by atoms with Crippen molar-refractivity contribution in [3.8, 4) is 5.75 Å². The van der Waals surface area contributed by atoms with Crippen LogP contribution in [0.3, 0.4) is 0 Å². The number of cyclic esters (lactones) is 1. The highest BCUT2D eigenvalue weighted by molar-refractivity contribution is 6.05. The quantitative estimate of drug-likeness (QED) is 0.368. The fourth-order valence-corrected chi connectivity index (χ4v) is 7.12. The maximum Gasteiger partial charge on any atom is 0.313 e. The van der Waals surface area contributed by atoms with Gasteiger partial charge in [-0.2, -0.15) is 0 Å². The first-order valence-corrected chi connectivity index (χ1v) is 15.8. The van der Waals surface area contributed by atoms with Gasteiger partial charge in [0.25, 0.3) is 5.91 Å². The third kappa shape index (κ3) is 5.47. The largest absolute Gasteiger partial charge is 0.497 e. The molecule has 46 heavy (non-hydrogen) atoms. The van der Waals surface area contributed by atoms with E-state index in [0.717, 1.165) is 0 Å². The molecular formula is C35H39N3O8. The van der Waals surface area contributed by atoms with E-state index in [-0.39, 0.29) is 32.0 Å². The van der Waals surface area contributed by atoms with Gasteiger partial charge < -0.3 is 34.4 Å². The third-order valence-electron chi connectivity index (χ3n) is 9.45. The maximum absolute atomic E-state index is 14.8. The van der Waals surface area contributed by atoms with Crippen LogP contribution >= 0.6 is 0 Å². The molecule has 7 atom stereocenters. The SMILES string of the molecule is CC[C@@H](CO)N1C(=O)[C@@H]2[C@H]3C(=O)O[C@@H](c4ccccc4)CNC(=O)CC/C=C\CN(c4ccc(OC)cc4)C(=O)[C@@H]1[C@]21C=C[C@H]3O1. The Morgan fingerprint density at radius 3 is 2.50 bits per heavy atom. The number of likely N-dealkylation sites (tertiary alicyclic amines) is 1. The number of benzene rings is 2. The van der Waals surface area contributed by atoms with E-state index in [1.54, 1.807) is 48.4 Å². The molecule has 11 heteroatoms. The summed E-state index contributed by atoms with van der Waals surface area (Å²) in [5.41, 5.74) is -0.185.